The summed E-state index contributed by atoms with van der Waals surface area (Å²) >= 11 is 1.38. The average Bonchev–Trinajstić information content (AvgIpc) is 3.73. The van der Waals surface area contributed by atoms with Crippen molar-refractivity contribution >= 4 is 29.8 Å². The van der Waals surface area contributed by atoms with E-state index in [1.807, 2.05) is 51.2 Å². The molecule has 0 radical (unpaired) electrons. The molecular weight excluding hydrogens is 797 g/mol. The molecule has 2 unspecified atom stereocenters. The zero-order chi connectivity index (χ0) is 42.2. The quantitative estimate of drug-likeness (QED) is 0.120. The fourth-order valence-electron chi connectivity index (χ4n) is 9.40. The number of esters is 2. The number of hydrogen-bond acceptors (Lipinski definition) is 16. The summed E-state index contributed by atoms with van der Waals surface area (Å²) in [5.74, 6) is 1.06. The molecule has 2 fully saturated rings. The predicted molar refractivity (Wildman–Crippen MR) is 215 cm³/mol. The van der Waals surface area contributed by atoms with E-state index >= 15 is 0 Å². The number of nitrogens with zero attached hydrogens (tertiary/aromatic N) is 3. The lowest BCUT2D eigenvalue weighted by molar-refractivity contribution is -0.151. The maximum atomic E-state index is 14.0. The Kier molecular flexibility index (Phi) is 12.0. The van der Waals surface area contributed by atoms with E-state index in [4.69, 9.17) is 42.6 Å². The van der Waals surface area contributed by atoms with Crippen LogP contribution in [-0.4, -0.2) is 112 Å². The minimum absolute atomic E-state index is 0.00377. The summed E-state index contributed by atoms with van der Waals surface area (Å²) in [6, 6.07) is 10.1. The topological polar surface area (TPSA) is 177 Å². The van der Waals surface area contributed by atoms with Crippen molar-refractivity contribution in [2.75, 3.05) is 60.4 Å². The van der Waals surface area contributed by atoms with Crippen LogP contribution in [-0.2, 0) is 41.6 Å². The largest absolute Gasteiger partial charge is 0.493 e. The number of methoxy groups -OCH3 is 2. The van der Waals surface area contributed by atoms with E-state index in [1.54, 1.807) is 14.2 Å². The second kappa shape index (κ2) is 17.4. The van der Waals surface area contributed by atoms with Crippen molar-refractivity contribution in [3.63, 3.8) is 0 Å². The molecule has 6 aliphatic heterocycles. The smallest absolute Gasteiger partial charge is 0.408 e. The predicted octanol–water partition coefficient (Wildman–Crippen LogP) is 4.82. The molecule has 3 aromatic carbocycles. The molecule has 7 atom stereocenters. The van der Waals surface area contributed by atoms with Crippen molar-refractivity contribution < 1.29 is 57.0 Å². The number of aryl methyl sites for hydroxylation is 1. The highest BCUT2D eigenvalue weighted by molar-refractivity contribution is 7.99. The van der Waals surface area contributed by atoms with Gasteiger partial charge >= 0.3 is 18.0 Å². The van der Waals surface area contributed by atoms with E-state index in [1.165, 1.54) is 18.7 Å². The van der Waals surface area contributed by atoms with Crippen LogP contribution >= 0.6 is 11.8 Å². The fourth-order valence-corrected chi connectivity index (χ4v) is 10.9. The Balaban J connectivity index is 1.29. The average molecular weight is 845 g/mol. The molecule has 318 valence electrons. The van der Waals surface area contributed by atoms with Gasteiger partial charge in [0.15, 0.2) is 29.8 Å². The number of ether oxygens (including phenoxy) is 9. The van der Waals surface area contributed by atoms with Crippen molar-refractivity contribution in [2.24, 2.45) is 0 Å². The second-order valence-electron chi connectivity index (χ2n) is 15.3. The van der Waals surface area contributed by atoms with Gasteiger partial charge in [0.05, 0.1) is 43.7 Å². The van der Waals surface area contributed by atoms with Crippen LogP contribution in [0.15, 0.2) is 36.4 Å². The summed E-state index contributed by atoms with van der Waals surface area (Å²) in [6.45, 7) is 5.45. The van der Waals surface area contributed by atoms with Crippen LogP contribution in [0.25, 0.3) is 0 Å². The van der Waals surface area contributed by atoms with Gasteiger partial charge in [0, 0.05) is 54.1 Å². The third-order valence-electron chi connectivity index (χ3n) is 11.9. The molecule has 6 aliphatic rings. The van der Waals surface area contributed by atoms with E-state index in [9.17, 15) is 19.6 Å². The van der Waals surface area contributed by atoms with Gasteiger partial charge < -0.3 is 47.9 Å². The molecule has 0 aromatic heterocycles. The van der Waals surface area contributed by atoms with E-state index in [0.29, 0.717) is 65.1 Å². The summed E-state index contributed by atoms with van der Waals surface area (Å²) in [4.78, 5) is 44.6. The first-order chi connectivity index (χ1) is 29.1. The molecule has 1 N–H and O–H groups in total. The van der Waals surface area contributed by atoms with Gasteiger partial charge in [-0.1, -0.05) is 36.4 Å². The van der Waals surface area contributed by atoms with Gasteiger partial charge in [0.25, 0.3) is 0 Å². The maximum Gasteiger partial charge on any atom is 0.408 e. The number of alkyl carbamates (subject to hydrolysis) is 1. The van der Waals surface area contributed by atoms with Crippen LogP contribution in [0, 0.1) is 25.2 Å². The molecule has 60 heavy (non-hydrogen) atoms. The van der Waals surface area contributed by atoms with Gasteiger partial charge in [-0.25, -0.2) is 9.59 Å². The highest BCUT2D eigenvalue weighted by atomic mass is 32.2. The van der Waals surface area contributed by atoms with Gasteiger partial charge in [0.2, 0.25) is 6.79 Å². The minimum atomic E-state index is -1.12. The maximum absolute atomic E-state index is 14.0. The summed E-state index contributed by atoms with van der Waals surface area (Å²) in [5.41, 5.74) is 5.36. The van der Waals surface area contributed by atoms with E-state index < -0.39 is 53.5 Å². The molecule has 4 bridgehead atoms. The Hall–Kier alpha value is -5.25. The van der Waals surface area contributed by atoms with Crippen LogP contribution in [0.4, 0.5) is 4.79 Å². The Bertz CT molecular complexity index is 2200. The Labute approximate surface area is 352 Å². The van der Waals surface area contributed by atoms with Crippen molar-refractivity contribution in [1.82, 2.24) is 15.1 Å². The van der Waals surface area contributed by atoms with Gasteiger partial charge in [-0.3, -0.25) is 14.6 Å². The number of rotatable bonds is 11. The van der Waals surface area contributed by atoms with Crippen molar-refractivity contribution in [3.8, 4) is 34.8 Å². The first-order valence-corrected chi connectivity index (χ1v) is 20.8. The molecule has 1 amide bonds. The number of benzene rings is 3. The Morgan fingerprint density at radius 3 is 2.53 bits per heavy atom. The highest BCUT2D eigenvalue weighted by Gasteiger charge is 2.61. The van der Waals surface area contributed by atoms with Gasteiger partial charge in [0.1, 0.15) is 31.0 Å². The molecule has 0 spiro atoms. The van der Waals surface area contributed by atoms with Gasteiger partial charge in [-0.2, -0.15) is 5.26 Å². The summed E-state index contributed by atoms with van der Waals surface area (Å²) < 4.78 is 53.5. The van der Waals surface area contributed by atoms with E-state index in [0.717, 1.165) is 22.3 Å². The third kappa shape index (κ3) is 7.34. The van der Waals surface area contributed by atoms with Gasteiger partial charge in [-0.15, -0.1) is 11.8 Å². The standard InChI is InChI=1S/C43H48N4O12S/c1-22-14-26-15-28-29(16-44)47-30-18-54-42(49)27(45-43(50)55-17-25-10-8-7-9-11-25)19-60-41(33-32(30)40-38(57-21-58-40)23(2)37(33)59-24(3)48)35(47)34(46(28)4)31(26)39(36(22)52-6)56-20-53-13-12-51-5/h7-11,14,27-30,34-35,41H,12-13,15,17-21H2,1-6H3,(H,45,50)/t27?,28-,29-,30-,34+,35?,41+/m0/s1. The van der Waals surface area contributed by atoms with E-state index in [2.05, 4.69) is 27.3 Å². The summed E-state index contributed by atoms with van der Waals surface area (Å²) in [6.07, 6.45) is -0.276. The number of carbonyl (C=O) groups excluding carboxylic acids is 3. The van der Waals surface area contributed by atoms with Crippen LogP contribution < -0.4 is 29.0 Å². The van der Waals surface area contributed by atoms with Crippen molar-refractivity contribution in [3.05, 3.63) is 75.3 Å². The molecule has 0 aliphatic carbocycles. The number of likely N-dealkylation sites (N-methyl/N-ethyl adjacent to an activating group) is 1. The number of fused-ring (bicyclic) bond motifs is 10. The van der Waals surface area contributed by atoms with Gasteiger partial charge in [-0.05, 0) is 44.0 Å². The zero-order valence-corrected chi connectivity index (χ0v) is 35.1. The van der Waals surface area contributed by atoms with Crippen LogP contribution in [0.3, 0.4) is 0 Å². The molecule has 0 saturated carbocycles. The normalized spacial score (nSPS) is 25.1. The van der Waals surface area contributed by atoms with Crippen LogP contribution in [0.5, 0.6) is 28.7 Å². The third-order valence-corrected chi connectivity index (χ3v) is 13.3. The molecule has 9 rings (SSSR count). The van der Waals surface area contributed by atoms with E-state index in [-0.39, 0.29) is 38.6 Å². The Morgan fingerprint density at radius 1 is 1.02 bits per heavy atom. The SMILES string of the molecule is COCCOCOc1c(OC)c(C)cc2c1[C@@H]1C3[C@@H]4SCC(NC(=O)OCc5ccccc5)C(=O)OC[C@@H](c5c6c(c(C)c(OC(C)=O)c54)OCO6)N3[C@@H](C#N)[C@H](C2)N1C. The summed E-state index contributed by atoms with van der Waals surface area (Å²) in [5, 5.41) is 13.3. The zero-order valence-electron chi connectivity index (χ0n) is 34.3. The summed E-state index contributed by atoms with van der Waals surface area (Å²) in [7, 11) is 5.21. The monoisotopic (exact) mass is 844 g/mol. The first kappa shape index (κ1) is 41.5. The second-order valence-corrected chi connectivity index (χ2v) is 16.5. The number of carbonyl (C=O) groups is 3. The van der Waals surface area contributed by atoms with Crippen LogP contribution in [0.2, 0.25) is 0 Å². The molecule has 2 saturated heterocycles. The minimum Gasteiger partial charge on any atom is -0.493 e. The van der Waals surface area contributed by atoms with Crippen molar-refractivity contribution in [2.45, 2.75) is 75.3 Å². The lowest BCUT2D eigenvalue weighted by atomic mass is 9.71. The van der Waals surface area contributed by atoms with Crippen molar-refractivity contribution in [1.29, 1.82) is 5.26 Å². The number of amides is 1. The fraction of sp³-hybridized carbons (Fsp3) is 0.488. The molecule has 17 heteroatoms. The molecular formula is C43H48N4O12S. The molecule has 6 heterocycles. The lowest BCUT2D eigenvalue weighted by Gasteiger charge is -2.61. The van der Waals surface area contributed by atoms with Crippen LogP contribution in [0.1, 0.15) is 63.2 Å². The number of piperazine rings is 1. The first-order valence-electron chi connectivity index (χ1n) is 19.8. The highest BCUT2D eigenvalue weighted by Crippen LogP contribution is 2.64. The Morgan fingerprint density at radius 2 is 1.80 bits per heavy atom. The lowest BCUT2D eigenvalue weighted by Crippen LogP contribution is -2.69. The molecule has 16 nitrogen and oxygen atoms in total. The number of nitriles is 1. The molecule has 3 aromatic rings. The number of thioether (sulfide) groups is 1. The number of hydrogen-bond donors (Lipinski definition) is 1. The number of nitrogens with one attached hydrogen (secondary N) is 1.